The summed E-state index contributed by atoms with van der Waals surface area (Å²) >= 11 is 12.0. The summed E-state index contributed by atoms with van der Waals surface area (Å²) in [5.74, 6) is -0.0971. The molecule has 0 saturated heterocycles. The minimum Gasteiger partial charge on any atom is -0.508 e. The molecule has 0 fully saturated rings. The molecule has 0 heterocycles. The molecule has 1 atom stereocenters. The average molecular weight is 324 g/mol. The fourth-order valence-corrected chi connectivity index (χ4v) is 2.45. The van der Waals surface area contributed by atoms with Crippen LogP contribution in [0.25, 0.3) is 0 Å². The van der Waals surface area contributed by atoms with Crippen molar-refractivity contribution in [3.05, 3.63) is 63.6 Å². The van der Waals surface area contributed by atoms with Gasteiger partial charge in [-0.05, 0) is 31.2 Å². The van der Waals surface area contributed by atoms with Crippen LogP contribution in [0.5, 0.6) is 5.75 Å². The predicted octanol–water partition coefficient (Wildman–Crippen LogP) is 4.53. The second-order valence-corrected chi connectivity index (χ2v) is 5.62. The Balaban J connectivity index is 2.31. The second-order valence-electron chi connectivity index (χ2n) is 4.78. The van der Waals surface area contributed by atoms with Crippen LogP contribution in [-0.2, 0) is 0 Å². The summed E-state index contributed by atoms with van der Waals surface area (Å²) < 4.78 is 0. The van der Waals surface area contributed by atoms with Crippen molar-refractivity contribution in [2.75, 3.05) is 7.05 Å². The van der Waals surface area contributed by atoms with Crippen molar-refractivity contribution in [2.45, 2.75) is 13.0 Å². The number of phenolic OH excluding ortho intramolecular Hbond substituents is 1. The molecular formula is C16H15Cl2NO2. The fourth-order valence-electron chi connectivity index (χ4n) is 2.08. The number of para-hydroxylation sites is 1. The topological polar surface area (TPSA) is 40.5 Å². The molecule has 1 unspecified atom stereocenters. The number of aromatic hydroxyl groups is 1. The van der Waals surface area contributed by atoms with Gasteiger partial charge in [0.15, 0.2) is 0 Å². The number of carbonyl (C=O) groups excluding carboxylic acids is 1. The van der Waals surface area contributed by atoms with E-state index in [0.29, 0.717) is 21.2 Å². The first-order valence-electron chi connectivity index (χ1n) is 6.42. The highest BCUT2D eigenvalue weighted by Crippen LogP contribution is 2.29. The van der Waals surface area contributed by atoms with Crippen molar-refractivity contribution >= 4 is 29.1 Å². The van der Waals surface area contributed by atoms with E-state index < -0.39 is 0 Å². The summed E-state index contributed by atoms with van der Waals surface area (Å²) in [5.41, 5.74) is 1.01. The van der Waals surface area contributed by atoms with Crippen LogP contribution in [0.15, 0.2) is 42.5 Å². The third-order valence-electron chi connectivity index (χ3n) is 3.45. The predicted molar refractivity (Wildman–Crippen MR) is 85.1 cm³/mol. The zero-order chi connectivity index (χ0) is 15.6. The molecule has 2 aromatic rings. The molecule has 3 nitrogen and oxygen atoms in total. The maximum atomic E-state index is 12.5. The average Bonchev–Trinajstić information content (AvgIpc) is 2.48. The number of rotatable bonds is 3. The Morgan fingerprint density at radius 3 is 2.52 bits per heavy atom. The lowest BCUT2D eigenvalue weighted by molar-refractivity contribution is 0.0741. The Morgan fingerprint density at radius 2 is 1.86 bits per heavy atom. The zero-order valence-electron chi connectivity index (χ0n) is 11.7. The van der Waals surface area contributed by atoms with Gasteiger partial charge in [-0.3, -0.25) is 4.79 Å². The highest BCUT2D eigenvalue weighted by molar-refractivity contribution is 6.35. The number of carbonyl (C=O) groups is 1. The molecule has 0 bridgehead atoms. The molecule has 0 aliphatic carbocycles. The van der Waals surface area contributed by atoms with E-state index in [1.54, 1.807) is 43.4 Å². The Bertz CT molecular complexity index is 673. The van der Waals surface area contributed by atoms with Gasteiger partial charge in [0.1, 0.15) is 5.75 Å². The third kappa shape index (κ3) is 3.31. The molecule has 2 rings (SSSR count). The van der Waals surface area contributed by atoms with Gasteiger partial charge < -0.3 is 10.0 Å². The maximum Gasteiger partial charge on any atom is 0.255 e. The number of hydrogen-bond donors (Lipinski definition) is 1. The van der Waals surface area contributed by atoms with Gasteiger partial charge in [-0.1, -0.05) is 41.4 Å². The number of phenols is 1. The van der Waals surface area contributed by atoms with Gasteiger partial charge in [-0.2, -0.15) is 0 Å². The van der Waals surface area contributed by atoms with E-state index in [1.165, 1.54) is 4.90 Å². The Labute approximate surface area is 133 Å². The molecule has 0 spiro atoms. The zero-order valence-corrected chi connectivity index (χ0v) is 13.2. The van der Waals surface area contributed by atoms with Crippen LogP contribution in [0.4, 0.5) is 0 Å². The van der Waals surface area contributed by atoms with Crippen LogP contribution in [0.2, 0.25) is 10.0 Å². The van der Waals surface area contributed by atoms with E-state index in [1.807, 2.05) is 13.0 Å². The molecule has 21 heavy (non-hydrogen) atoms. The van der Waals surface area contributed by atoms with Crippen LogP contribution in [0.3, 0.4) is 0 Å². The Hall–Kier alpha value is -1.71. The molecule has 0 radical (unpaired) electrons. The lowest BCUT2D eigenvalue weighted by Crippen LogP contribution is -2.30. The van der Waals surface area contributed by atoms with Crippen molar-refractivity contribution in [3.8, 4) is 5.75 Å². The number of benzene rings is 2. The van der Waals surface area contributed by atoms with E-state index in [-0.39, 0.29) is 17.7 Å². The van der Waals surface area contributed by atoms with E-state index in [0.717, 1.165) is 0 Å². The molecule has 0 saturated carbocycles. The molecule has 5 heteroatoms. The van der Waals surface area contributed by atoms with Gasteiger partial charge in [0.25, 0.3) is 5.91 Å². The van der Waals surface area contributed by atoms with E-state index in [9.17, 15) is 9.90 Å². The minimum absolute atomic E-state index is 0.154. The molecule has 1 amide bonds. The summed E-state index contributed by atoms with van der Waals surface area (Å²) in [5, 5.41) is 10.7. The fraction of sp³-hybridized carbons (Fsp3) is 0.188. The summed E-state index contributed by atoms with van der Waals surface area (Å²) in [6, 6.07) is 11.4. The van der Waals surface area contributed by atoms with Crippen LogP contribution in [-0.4, -0.2) is 23.0 Å². The lowest BCUT2D eigenvalue weighted by Gasteiger charge is -2.26. The van der Waals surface area contributed by atoms with Crippen LogP contribution in [0, 0.1) is 0 Å². The molecule has 0 aliphatic heterocycles. The Kier molecular flexibility index (Phi) is 4.76. The first-order valence-corrected chi connectivity index (χ1v) is 7.17. The van der Waals surface area contributed by atoms with Crippen molar-refractivity contribution in [1.82, 2.24) is 4.90 Å². The van der Waals surface area contributed by atoms with Crippen LogP contribution in [0.1, 0.15) is 28.9 Å². The monoisotopic (exact) mass is 323 g/mol. The van der Waals surface area contributed by atoms with Gasteiger partial charge in [0.2, 0.25) is 0 Å². The first-order chi connectivity index (χ1) is 9.91. The number of hydrogen-bond acceptors (Lipinski definition) is 2. The lowest BCUT2D eigenvalue weighted by atomic mass is 10.1. The van der Waals surface area contributed by atoms with E-state index in [2.05, 4.69) is 0 Å². The van der Waals surface area contributed by atoms with Crippen molar-refractivity contribution < 1.29 is 9.90 Å². The van der Waals surface area contributed by atoms with Gasteiger partial charge in [0.05, 0.1) is 16.6 Å². The number of halogens is 2. The normalized spacial score (nSPS) is 12.0. The Morgan fingerprint density at radius 1 is 1.19 bits per heavy atom. The molecular weight excluding hydrogens is 309 g/mol. The standard InChI is InChI=1S/C16H15Cl2NO2/c1-10(12-5-3-4-6-15(12)20)19(2)16(21)13-9-11(17)7-8-14(13)18/h3-10,20H,1-2H3. The summed E-state index contributed by atoms with van der Waals surface area (Å²) in [6.07, 6.45) is 0. The summed E-state index contributed by atoms with van der Waals surface area (Å²) in [7, 11) is 1.66. The van der Waals surface area contributed by atoms with E-state index in [4.69, 9.17) is 23.2 Å². The first kappa shape index (κ1) is 15.7. The minimum atomic E-state index is -0.297. The summed E-state index contributed by atoms with van der Waals surface area (Å²) in [6.45, 7) is 1.84. The van der Waals surface area contributed by atoms with Crippen molar-refractivity contribution in [2.24, 2.45) is 0 Å². The highest BCUT2D eigenvalue weighted by atomic mass is 35.5. The van der Waals surface area contributed by atoms with Gasteiger partial charge >= 0.3 is 0 Å². The third-order valence-corrected chi connectivity index (χ3v) is 4.01. The number of amides is 1. The molecule has 2 aromatic carbocycles. The van der Waals surface area contributed by atoms with Gasteiger partial charge in [0, 0.05) is 17.6 Å². The SMILES string of the molecule is CC(c1ccccc1O)N(C)C(=O)c1cc(Cl)ccc1Cl. The van der Waals surface area contributed by atoms with Crippen molar-refractivity contribution in [1.29, 1.82) is 0 Å². The smallest absolute Gasteiger partial charge is 0.255 e. The molecule has 0 aliphatic rings. The molecule has 1 N–H and O–H groups in total. The van der Waals surface area contributed by atoms with Crippen molar-refractivity contribution in [3.63, 3.8) is 0 Å². The quantitative estimate of drug-likeness (QED) is 0.901. The highest BCUT2D eigenvalue weighted by Gasteiger charge is 2.22. The van der Waals surface area contributed by atoms with Crippen LogP contribution >= 0.6 is 23.2 Å². The largest absolute Gasteiger partial charge is 0.508 e. The van der Waals surface area contributed by atoms with Gasteiger partial charge in [-0.25, -0.2) is 0 Å². The molecule has 110 valence electrons. The summed E-state index contributed by atoms with van der Waals surface area (Å²) in [4.78, 5) is 14.1. The molecule has 0 aromatic heterocycles. The van der Waals surface area contributed by atoms with Gasteiger partial charge in [-0.15, -0.1) is 0 Å². The second kappa shape index (κ2) is 6.37. The maximum absolute atomic E-state index is 12.5. The number of nitrogens with zero attached hydrogens (tertiary/aromatic N) is 1. The van der Waals surface area contributed by atoms with Crippen LogP contribution < -0.4 is 0 Å². The van der Waals surface area contributed by atoms with E-state index >= 15 is 0 Å².